The molecule has 5 fully saturated rings. The highest BCUT2D eigenvalue weighted by atomic mass is 16.2. The van der Waals surface area contributed by atoms with Crippen LogP contribution in [-0.4, -0.2) is 23.4 Å². The molecule has 0 heterocycles. The van der Waals surface area contributed by atoms with Crippen molar-refractivity contribution in [3.63, 3.8) is 0 Å². The lowest BCUT2D eigenvalue weighted by molar-refractivity contribution is -0.130. The number of rotatable bonds is 3. The molecular weight excluding hydrogens is 242 g/mol. The van der Waals surface area contributed by atoms with Crippen molar-refractivity contribution in [1.82, 2.24) is 5.32 Å². The third-order valence-corrected chi connectivity index (χ3v) is 6.18. The average Bonchev–Trinajstić information content (AvgIpc) is 3.00. The summed E-state index contributed by atoms with van der Waals surface area (Å²) in [4.78, 5) is 24.1. The van der Waals surface area contributed by atoms with Crippen LogP contribution in [0.5, 0.6) is 0 Å². The molecule has 5 aliphatic rings. The largest absolute Gasteiger partial charge is 0.369 e. The van der Waals surface area contributed by atoms with Crippen molar-refractivity contribution < 1.29 is 9.59 Å². The highest BCUT2D eigenvalue weighted by molar-refractivity contribution is 5.89. The van der Waals surface area contributed by atoms with Gasteiger partial charge in [0, 0.05) is 6.04 Å². The van der Waals surface area contributed by atoms with E-state index in [9.17, 15) is 9.59 Å². The Bertz CT molecular complexity index is 473. The van der Waals surface area contributed by atoms with Gasteiger partial charge in [0.25, 0.3) is 0 Å². The summed E-state index contributed by atoms with van der Waals surface area (Å²) >= 11 is 0. The fourth-order valence-electron chi connectivity index (χ4n) is 5.08. The van der Waals surface area contributed by atoms with E-state index in [0.29, 0.717) is 11.8 Å². The van der Waals surface area contributed by atoms with Crippen molar-refractivity contribution in [2.45, 2.75) is 50.1 Å². The lowest BCUT2D eigenvalue weighted by atomic mass is 9.75. The van der Waals surface area contributed by atoms with Crippen LogP contribution in [0, 0.1) is 23.2 Å². The highest BCUT2D eigenvalue weighted by Crippen LogP contribution is 2.65. The number of hydrogen-bond donors (Lipinski definition) is 3. The van der Waals surface area contributed by atoms with E-state index in [2.05, 4.69) is 5.32 Å². The third-order valence-electron chi connectivity index (χ3n) is 6.18. The van der Waals surface area contributed by atoms with Gasteiger partial charge in [0.15, 0.2) is 0 Å². The van der Waals surface area contributed by atoms with Crippen molar-refractivity contribution in [2.75, 3.05) is 0 Å². The van der Waals surface area contributed by atoms with E-state index in [0.717, 1.165) is 38.5 Å². The summed E-state index contributed by atoms with van der Waals surface area (Å²) in [6.45, 7) is 0. The molecule has 2 amide bonds. The fourth-order valence-corrected chi connectivity index (χ4v) is 5.08. The first kappa shape index (κ1) is 11.7. The van der Waals surface area contributed by atoms with Crippen molar-refractivity contribution in [2.24, 2.45) is 34.6 Å². The van der Waals surface area contributed by atoms with Gasteiger partial charge < -0.3 is 16.8 Å². The van der Waals surface area contributed by atoms with Crippen LogP contribution in [0.3, 0.4) is 0 Å². The van der Waals surface area contributed by atoms with Crippen molar-refractivity contribution in [3.05, 3.63) is 0 Å². The van der Waals surface area contributed by atoms with Crippen LogP contribution in [0.15, 0.2) is 0 Å². The Hall–Kier alpha value is -1.10. The number of nitrogens with two attached hydrogens (primary N) is 2. The lowest BCUT2D eigenvalue weighted by Crippen LogP contribution is -2.52. The van der Waals surface area contributed by atoms with Gasteiger partial charge in [0.2, 0.25) is 11.8 Å². The normalized spacial score (nSPS) is 48.3. The van der Waals surface area contributed by atoms with Gasteiger partial charge in [-0.3, -0.25) is 9.59 Å². The first-order chi connectivity index (χ1) is 8.94. The predicted octanol–water partition coefficient (Wildman–Crippen LogP) is -0.116. The number of amides is 2. The Morgan fingerprint density at radius 2 is 1.89 bits per heavy atom. The van der Waals surface area contributed by atoms with E-state index >= 15 is 0 Å². The number of primary amides is 1. The van der Waals surface area contributed by atoms with Gasteiger partial charge in [-0.2, -0.15) is 0 Å². The second kappa shape index (κ2) is 3.32. The maximum atomic E-state index is 12.2. The van der Waals surface area contributed by atoms with E-state index in [1.807, 2.05) is 0 Å². The average molecular weight is 263 g/mol. The zero-order valence-corrected chi connectivity index (χ0v) is 11.0. The van der Waals surface area contributed by atoms with Gasteiger partial charge in [0.1, 0.15) is 0 Å². The SMILES string of the molecule is NC(=O)C12CC3CC(C1)C(NC(=O)C1(N)CC1)C2C3. The molecule has 0 saturated heterocycles. The molecule has 0 radical (unpaired) electrons. The van der Waals surface area contributed by atoms with Crippen LogP contribution in [0.2, 0.25) is 0 Å². The van der Waals surface area contributed by atoms with Crippen LogP contribution in [0.1, 0.15) is 38.5 Å². The van der Waals surface area contributed by atoms with Crippen LogP contribution >= 0.6 is 0 Å². The van der Waals surface area contributed by atoms with Crippen LogP contribution in [0.25, 0.3) is 0 Å². The zero-order chi connectivity index (χ0) is 13.4. The summed E-state index contributed by atoms with van der Waals surface area (Å²) in [5.74, 6) is 1.14. The molecule has 5 saturated carbocycles. The third kappa shape index (κ3) is 1.39. The summed E-state index contributed by atoms with van der Waals surface area (Å²) in [5.41, 5.74) is 10.7. The van der Waals surface area contributed by atoms with Crippen molar-refractivity contribution in [1.29, 1.82) is 0 Å². The molecule has 5 unspecified atom stereocenters. The molecule has 5 nitrogen and oxygen atoms in total. The molecule has 104 valence electrons. The molecule has 19 heavy (non-hydrogen) atoms. The van der Waals surface area contributed by atoms with Gasteiger partial charge in [-0.05, 0) is 56.3 Å². The summed E-state index contributed by atoms with van der Waals surface area (Å²) in [7, 11) is 0. The molecule has 5 atom stereocenters. The first-order valence-electron chi connectivity index (χ1n) is 7.34. The monoisotopic (exact) mass is 263 g/mol. The Morgan fingerprint density at radius 3 is 2.53 bits per heavy atom. The minimum Gasteiger partial charge on any atom is -0.369 e. The molecule has 0 aliphatic heterocycles. The van der Waals surface area contributed by atoms with Gasteiger partial charge in [-0.1, -0.05) is 0 Å². The van der Waals surface area contributed by atoms with E-state index in [1.54, 1.807) is 0 Å². The molecule has 5 N–H and O–H groups in total. The predicted molar refractivity (Wildman–Crippen MR) is 68.6 cm³/mol. The van der Waals surface area contributed by atoms with Gasteiger partial charge >= 0.3 is 0 Å². The van der Waals surface area contributed by atoms with E-state index < -0.39 is 5.54 Å². The number of nitrogens with one attached hydrogen (secondary N) is 1. The molecule has 0 aromatic rings. The minimum atomic E-state index is -0.625. The van der Waals surface area contributed by atoms with Gasteiger partial charge in [-0.15, -0.1) is 0 Å². The molecule has 5 heteroatoms. The van der Waals surface area contributed by atoms with E-state index in [-0.39, 0.29) is 29.2 Å². The summed E-state index contributed by atoms with van der Waals surface area (Å²) < 4.78 is 0. The second-order valence-electron chi connectivity index (χ2n) is 7.29. The second-order valence-corrected chi connectivity index (χ2v) is 7.29. The molecule has 5 rings (SSSR count). The number of carbonyl (C=O) groups excluding carboxylic acids is 2. The van der Waals surface area contributed by atoms with Crippen molar-refractivity contribution in [3.8, 4) is 0 Å². The summed E-state index contributed by atoms with van der Waals surface area (Å²) in [5, 5.41) is 3.15. The number of hydrogen-bond acceptors (Lipinski definition) is 3. The molecule has 4 bridgehead atoms. The Kier molecular flexibility index (Phi) is 2.04. The molecule has 5 aliphatic carbocycles. The van der Waals surface area contributed by atoms with Crippen LogP contribution in [-0.2, 0) is 9.59 Å². The highest BCUT2D eigenvalue weighted by Gasteiger charge is 2.66. The lowest BCUT2D eigenvalue weighted by Gasteiger charge is -2.33. The number of carbonyl (C=O) groups is 2. The zero-order valence-electron chi connectivity index (χ0n) is 11.0. The van der Waals surface area contributed by atoms with E-state index in [4.69, 9.17) is 11.5 Å². The minimum absolute atomic E-state index is 0.0203. The smallest absolute Gasteiger partial charge is 0.240 e. The molecule has 0 aromatic heterocycles. The van der Waals surface area contributed by atoms with Crippen LogP contribution < -0.4 is 16.8 Å². The van der Waals surface area contributed by atoms with Crippen LogP contribution in [0.4, 0.5) is 0 Å². The quantitative estimate of drug-likeness (QED) is 0.662. The fraction of sp³-hybridized carbons (Fsp3) is 0.857. The standard InChI is InChI=1S/C14H21N3O2/c15-11(18)13-5-7-3-8(6-13)10(9(13)4-7)17-12(19)14(16)1-2-14/h7-10H,1-6,16H2,(H2,15,18)(H,17,19). The summed E-state index contributed by atoms with van der Waals surface area (Å²) in [6, 6.07) is 0.125. The van der Waals surface area contributed by atoms with Crippen molar-refractivity contribution >= 4 is 11.8 Å². The van der Waals surface area contributed by atoms with Gasteiger partial charge in [0.05, 0.1) is 11.0 Å². The van der Waals surface area contributed by atoms with Gasteiger partial charge in [-0.25, -0.2) is 0 Å². The molecule has 0 aromatic carbocycles. The molecular formula is C14H21N3O2. The maximum absolute atomic E-state index is 12.2. The van der Waals surface area contributed by atoms with E-state index in [1.165, 1.54) is 0 Å². The Morgan fingerprint density at radius 1 is 1.16 bits per heavy atom. The molecule has 0 spiro atoms. The topological polar surface area (TPSA) is 98.2 Å². The first-order valence-corrected chi connectivity index (χ1v) is 7.34. The maximum Gasteiger partial charge on any atom is 0.240 e. The Labute approximate surface area is 112 Å². The summed E-state index contributed by atoms with van der Waals surface area (Å²) in [6.07, 6.45) is 5.54. The Balaban J connectivity index is 1.58.